The number of hydrogen-bond acceptors (Lipinski definition) is 3. The Labute approximate surface area is 111 Å². The Kier molecular flexibility index (Phi) is 3.18. The average Bonchev–Trinajstić information content (AvgIpc) is 2.96. The summed E-state index contributed by atoms with van der Waals surface area (Å²) in [6, 6.07) is 6.41. The maximum absolute atomic E-state index is 10.3. The average molecular weight is 259 g/mol. The fourth-order valence-corrected chi connectivity index (χ4v) is 3.24. The minimum atomic E-state index is -0.433. The summed E-state index contributed by atoms with van der Waals surface area (Å²) in [4.78, 5) is 4.41. The zero-order valence-electron chi connectivity index (χ0n) is 10.5. The van der Waals surface area contributed by atoms with Crippen LogP contribution >= 0.6 is 11.3 Å². The maximum Gasteiger partial charge on any atom is 0.0897 e. The molecule has 0 radical (unpaired) electrons. The van der Waals surface area contributed by atoms with Gasteiger partial charge in [-0.1, -0.05) is 18.2 Å². The van der Waals surface area contributed by atoms with Gasteiger partial charge in [-0.2, -0.15) is 0 Å². The van der Waals surface area contributed by atoms with Crippen molar-refractivity contribution in [1.82, 2.24) is 4.98 Å². The van der Waals surface area contributed by atoms with Gasteiger partial charge in [0, 0.05) is 11.8 Å². The van der Waals surface area contributed by atoms with Gasteiger partial charge in [0.1, 0.15) is 0 Å². The molecule has 2 nitrogen and oxygen atoms in total. The molecule has 3 rings (SSSR count). The molecule has 0 spiro atoms. The quantitative estimate of drug-likeness (QED) is 0.918. The Balaban J connectivity index is 1.78. The molecule has 1 aromatic carbocycles. The van der Waals surface area contributed by atoms with Gasteiger partial charge in [-0.05, 0) is 42.9 Å². The number of aryl methyl sites for hydroxylation is 3. The minimum Gasteiger partial charge on any atom is -0.388 e. The zero-order valence-corrected chi connectivity index (χ0v) is 11.3. The highest BCUT2D eigenvalue weighted by molar-refractivity contribution is 7.09. The number of hydrogen-bond donors (Lipinski definition) is 1. The molecule has 0 amide bonds. The Morgan fingerprint density at radius 3 is 2.94 bits per heavy atom. The van der Waals surface area contributed by atoms with Crippen molar-refractivity contribution in [2.24, 2.45) is 0 Å². The molecule has 1 aliphatic carbocycles. The number of rotatable bonds is 3. The molecule has 0 fully saturated rings. The van der Waals surface area contributed by atoms with E-state index in [0.29, 0.717) is 6.42 Å². The highest BCUT2D eigenvalue weighted by Crippen LogP contribution is 2.27. The molecule has 1 heterocycles. The summed E-state index contributed by atoms with van der Waals surface area (Å²) in [5.74, 6) is 0. The topological polar surface area (TPSA) is 33.1 Å². The molecule has 0 saturated carbocycles. The van der Waals surface area contributed by atoms with Crippen LogP contribution in [0.2, 0.25) is 0 Å². The van der Waals surface area contributed by atoms with Crippen LogP contribution in [0, 0.1) is 6.92 Å². The van der Waals surface area contributed by atoms with Crippen molar-refractivity contribution in [3.05, 3.63) is 51.0 Å². The number of thiazole rings is 1. The summed E-state index contributed by atoms with van der Waals surface area (Å²) in [6.07, 6.45) is 3.78. The second-order valence-electron chi connectivity index (χ2n) is 4.96. The van der Waals surface area contributed by atoms with E-state index < -0.39 is 6.10 Å². The van der Waals surface area contributed by atoms with Gasteiger partial charge >= 0.3 is 0 Å². The highest BCUT2D eigenvalue weighted by Gasteiger charge is 2.15. The Morgan fingerprint density at radius 1 is 1.33 bits per heavy atom. The van der Waals surface area contributed by atoms with Gasteiger partial charge in [0.2, 0.25) is 0 Å². The van der Waals surface area contributed by atoms with Crippen LogP contribution in [0.25, 0.3) is 0 Å². The number of aliphatic hydroxyl groups is 1. The smallest absolute Gasteiger partial charge is 0.0897 e. The zero-order chi connectivity index (χ0) is 12.5. The van der Waals surface area contributed by atoms with E-state index in [2.05, 4.69) is 23.2 Å². The van der Waals surface area contributed by atoms with E-state index in [1.165, 1.54) is 24.0 Å². The van der Waals surface area contributed by atoms with Crippen LogP contribution in [0.4, 0.5) is 0 Å². The molecular formula is C15H17NOS. The third-order valence-corrected chi connectivity index (χ3v) is 4.40. The van der Waals surface area contributed by atoms with Crippen molar-refractivity contribution in [2.75, 3.05) is 0 Å². The summed E-state index contributed by atoms with van der Waals surface area (Å²) < 4.78 is 0. The van der Waals surface area contributed by atoms with Crippen molar-refractivity contribution in [3.63, 3.8) is 0 Å². The second-order valence-corrected chi connectivity index (χ2v) is 6.02. The van der Waals surface area contributed by atoms with E-state index in [4.69, 9.17) is 0 Å². The molecule has 94 valence electrons. The number of nitrogens with zero attached hydrogens (tertiary/aromatic N) is 1. The van der Waals surface area contributed by atoms with Crippen molar-refractivity contribution >= 4 is 11.3 Å². The number of aromatic nitrogens is 1. The monoisotopic (exact) mass is 259 g/mol. The molecule has 0 aliphatic heterocycles. The largest absolute Gasteiger partial charge is 0.388 e. The first kappa shape index (κ1) is 11.9. The molecule has 3 heteroatoms. The van der Waals surface area contributed by atoms with Gasteiger partial charge in [0.25, 0.3) is 0 Å². The fourth-order valence-electron chi connectivity index (χ4n) is 2.62. The molecule has 1 N–H and O–H groups in total. The lowest BCUT2D eigenvalue weighted by molar-refractivity contribution is 0.177. The molecule has 1 atom stereocenters. The summed E-state index contributed by atoms with van der Waals surface area (Å²) >= 11 is 1.64. The number of fused-ring (bicyclic) bond motifs is 1. The SMILES string of the molecule is Cc1nc(CC(O)c2ccc3c(c2)CCC3)cs1. The van der Waals surface area contributed by atoms with Crippen molar-refractivity contribution in [1.29, 1.82) is 0 Å². The van der Waals surface area contributed by atoms with Gasteiger partial charge < -0.3 is 5.11 Å². The lowest BCUT2D eigenvalue weighted by atomic mass is 10.0. The second kappa shape index (κ2) is 4.82. The predicted molar refractivity (Wildman–Crippen MR) is 74.0 cm³/mol. The molecular weight excluding hydrogens is 242 g/mol. The van der Waals surface area contributed by atoms with Crippen LogP contribution in [0.15, 0.2) is 23.6 Å². The molecule has 18 heavy (non-hydrogen) atoms. The van der Waals surface area contributed by atoms with Crippen LogP contribution in [0.3, 0.4) is 0 Å². The van der Waals surface area contributed by atoms with Gasteiger partial charge in [0.15, 0.2) is 0 Å². The first-order valence-electron chi connectivity index (χ1n) is 6.43. The number of aliphatic hydroxyl groups excluding tert-OH is 1. The molecule has 1 aliphatic rings. The van der Waals surface area contributed by atoms with E-state index in [1.807, 2.05) is 12.3 Å². The third kappa shape index (κ3) is 2.33. The molecule has 2 aromatic rings. The minimum absolute atomic E-state index is 0.433. The van der Waals surface area contributed by atoms with E-state index in [9.17, 15) is 5.11 Å². The normalized spacial score (nSPS) is 15.7. The van der Waals surface area contributed by atoms with Gasteiger partial charge in [0.05, 0.1) is 16.8 Å². The van der Waals surface area contributed by atoms with Crippen molar-refractivity contribution in [3.8, 4) is 0 Å². The summed E-state index contributed by atoms with van der Waals surface area (Å²) in [5.41, 5.74) is 4.89. The van der Waals surface area contributed by atoms with E-state index >= 15 is 0 Å². The summed E-state index contributed by atoms with van der Waals surface area (Å²) in [6.45, 7) is 2.00. The Bertz CT molecular complexity index is 561. The van der Waals surface area contributed by atoms with Crippen LogP contribution in [0.5, 0.6) is 0 Å². The summed E-state index contributed by atoms with van der Waals surface area (Å²) in [5, 5.41) is 13.4. The maximum atomic E-state index is 10.3. The number of benzene rings is 1. The standard InChI is InChI=1S/C15H17NOS/c1-10-16-14(9-18-10)8-15(17)13-6-5-11-3-2-4-12(11)7-13/h5-7,9,15,17H,2-4,8H2,1H3. The highest BCUT2D eigenvalue weighted by atomic mass is 32.1. The van der Waals surface area contributed by atoms with Crippen LogP contribution in [-0.4, -0.2) is 10.1 Å². The molecule has 0 bridgehead atoms. The first-order chi connectivity index (χ1) is 8.72. The van der Waals surface area contributed by atoms with E-state index in [0.717, 1.165) is 22.7 Å². The van der Waals surface area contributed by atoms with Crippen molar-refractivity contribution < 1.29 is 5.11 Å². The fraction of sp³-hybridized carbons (Fsp3) is 0.400. The van der Waals surface area contributed by atoms with Gasteiger partial charge in [-0.25, -0.2) is 4.98 Å². The molecule has 1 unspecified atom stereocenters. The van der Waals surface area contributed by atoms with Crippen LogP contribution in [-0.2, 0) is 19.3 Å². The van der Waals surface area contributed by atoms with Gasteiger partial charge in [-0.3, -0.25) is 0 Å². The predicted octanol–water partition coefficient (Wildman–Crippen LogP) is 3.22. The van der Waals surface area contributed by atoms with Crippen LogP contribution in [0.1, 0.15) is 39.9 Å². The van der Waals surface area contributed by atoms with Gasteiger partial charge in [-0.15, -0.1) is 11.3 Å². The Morgan fingerprint density at radius 2 is 2.17 bits per heavy atom. The molecule has 0 saturated heterocycles. The van der Waals surface area contributed by atoms with Crippen LogP contribution < -0.4 is 0 Å². The van der Waals surface area contributed by atoms with Crippen molar-refractivity contribution in [2.45, 2.75) is 38.7 Å². The summed E-state index contributed by atoms with van der Waals surface area (Å²) in [7, 11) is 0. The third-order valence-electron chi connectivity index (χ3n) is 3.58. The first-order valence-corrected chi connectivity index (χ1v) is 7.31. The lowest BCUT2D eigenvalue weighted by Crippen LogP contribution is -2.03. The molecule has 1 aromatic heterocycles. The Hall–Kier alpha value is -1.19. The lowest BCUT2D eigenvalue weighted by Gasteiger charge is -2.11. The van der Waals surface area contributed by atoms with E-state index in [1.54, 1.807) is 11.3 Å². The van der Waals surface area contributed by atoms with E-state index in [-0.39, 0.29) is 0 Å².